The van der Waals surface area contributed by atoms with Crippen LogP contribution in [-0.4, -0.2) is 31.2 Å². The van der Waals surface area contributed by atoms with Crippen LogP contribution >= 0.6 is 0 Å². The summed E-state index contributed by atoms with van der Waals surface area (Å²) < 4.78 is 14.1. The largest absolute Gasteiger partial charge is 0.389 e. The molecule has 1 aromatic rings. The highest BCUT2D eigenvalue weighted by atomic mass is 19.1. The van der Waals surface area contributed by atoms with Gasteiger partial charge in [0, 0.05) is 13.6 Å². The number of likely N-dealkylation sites (N-methyl/N-ethyl adjacent to an activating group) is 1. The number of amides is 1. The van der Waals surface area contributed by atoms with Gasteiger partial charge in [-0.2, -0.15) is 0 Å². The molecular weight excluding hydrogens is 247 g/mol. The molecule has 0 aliphatic carbocycles. The van der Waals surface area contributed by atoms with Gasteiger partial charge >= 0.3 is 0 Å². The first-order valence-corrected chi connectivity index (χ1v) is 6.42. The van der Waals surface area contributed by atoms with Crippen LogP contribution < -0.4 is 10.2 Å². The zero-order chi connectivity index (χ0) is 14.4. The molecule has 0 aliphatic rings. The van der Waals surface area contributed by atoms with Crippen LogP contribution in [0.25, 0.3) is 0 Å². The highest BCUT2D eigenvalue weighted by molar-refractivity contribution is 5.81. The van der Waals surface area contributed by atoms with Crippen molar-refractivity contribution in [3.8, 4) is 0 Å². The first kappa shape index (κ1) is 15.4. The molecule has 0 radical (unpaired) electrons. The van der Waals surface area contributed by atoms with E-state index >= 15 is 0 Å². The van der Waals surface area contributed by atoms with Crippen LogP contribution in [0.3, 0.4) is 0 Å². The third-order valence-electron chi connectivity index (χ3n) is 2.90. The fourth-order valence-corrected chi connectivity index (χ4v) is 1.85. The van der Waals surface area contributed by atoms with E-state index in [0.29, 0.717) is 17.8 Å². The Morgan fingerprint density at radius 2 is 2.21 bits per heavy atom. The van der Waals surface area contributed by atoms with E-state index in [1.165, 1.54) is 6.07 Å². The lowest BCUT2D eigenvalue weighted by atomic mass is 10.1. The van der Waals surface area contributed by atoms with Crippen LogP contribution in [0.2, 0.25) is 0 Å². The monoisotopic (exact) mass is 268 g/mol. The second-order valence-electron chi connectivity index (χ2n) is 4.48. The number of halogens is 1. The summed E-state index contributed by atoms with van der Waals surface area (Å²) in [5.41, 5.74) is 0.910. The summed E-state index contributed by atoms with van der Waals surface area (Å²) >= 11 is 0. The Balaban J connectivity index is 2.98. The molecule has 1 atom stereocenters. The molecule has 0 saturated heterocycles. The molecule has 1 aromatic carbocycles. The minimum absolute atomic E-state index is 0.120. The molecule has 0 unspecified atom stereocenters. The maximum absolute atomic E-state index is 14.1. The summed E-state index contributed by atoms with van der Waals surface area (Å²) in [6.07, 6.45) is 0.108. The number of aliphatic hydroxyl groups is 1. The van der Waals surface area contributed by atoms with Gasteiger partial charge in [0.25, 0.3) is 0 Å². The van der Waals surface area contributed by atoms with Crippen molar-refractivity contribution in [1.82, 2.24) is 5.32 Å². The number of nitrogens with zero attached hydrogens (tertiary/aromatic N) is 1. The van der Waals surface area contributed by atoms with Crippen molar-refractivity contribution >= 4 is 11.6 Å². The molecule has 2 N–H and O–H groups in total. The fourth-order valence-electron chi connectivity index (χ4n) is 1.85. The average molecular weight is 268 g/mol. The molecule has 0 aromatic heterocycles. The van der Waals surface area contributed by atoms with Crippen molar-refractivity contribution in [3.05, 3.63) is 29.6 Å². The maximum Gasteiger partial charge on any atom is 0.239 e. The number of rotatable bonds is 6. The van der Waals surface area contributed by atoms with E-state index in [2.05, 4.69) is 5.32 Å². The normalized spacial score (nSPS) is 12.1. The number of hydrogen-bond donors (Lipinski definition) is 2. The van der Waals surface area contributed by atoms with Gasteiger partial charge < -0.3 is 15.3 Å². The molecule has 0 aliphatic heterocycles. The topological polar surface area (TPSA) is 52.6 Å². The summed E-state index contributed by atoms with van der Waals surface area (Å²) in [4.78, 5) is 13.1. The second kappa shape index (κ2) is 7.09. The Morgan fingerprint density at radius 1 is 1.53 bits per heavy atom. The molecule has 0 heterocycles. The highest BCUT2D eigenvalue weighted by Crippen LogP contribution is 2.23. The van der Waals surface area contributed by atoms with Gasteiger partial charge in [-0.3, -0.25) is 4.79 Å². The Morgan fingerprint density at radius 3 is 2.68 bits per heavy atom. The molecular formula is C14H21FN2O2. The lowest BCUT2D eigenvalue weighted by Crippen LogP contribution is -2.36. The van der Waals surface area contributed by atoms with Gasteiger partial charge in [0.05, 0.1) is 18.3 Å². The summed E-state index contributed by atoms with van der Waals surface area (Å²) in [5.74, 6) is -0.580. The molecule has 106 valence electrons. The van der Waals surface area contributed by atoms with E-state index in [4.69, 9.17) is 0 Å². The van der Waals surface area contributed by atoms with Gasteiger partial charge in [-0.25, -0.2) is 4.39 Å². The van der Waals surface area contributed by atoms with Crippen molar-refractivity contribution in [2.75, 3.05) is 25.0 Å². The number of hydrogen-bond acceptors (Lipinski definition) is 3. The van der Waals surface area contributed by atoms with Crippen LogP contribution in [0.4, 0.5) is 10.1 Å². The third kappa shape index (κ3) is 4.21. The number of carbonyl (C=O) groups excluding carboxylic acids is 1. The van der Waals surface area contributed by atoms with Crippen LogP contribution in [0, 0.1) is 5.82 Å². The summed E-state index contributed by atoms with van der Waals surface area (Å²) in [6.45, 7) is 4.27. The first-order valence-electron chi connectivity index (χ1n) is 6.42. The van der Waals surface area contributed by atoms with Gasteiger partial charge in [0.15, 0.2) is 0 Å². The molecule has 0 saturated carbocycles. The zero-order valence-corrected chi connectivity index (χ0v) is 11.6. The van der Waals surface area contributed by atoms with Gasteiger partial charge in [-0.15, -0.1) is 0 Å². The van der Waals surface area contributed by atoms with Crippen LogP contribution in [0.1, 0.15) is 31.9 Å². The molecule has 4 nitrogen and oxygen atoms in total. The van der Waals surface area contributed by atoms with Gasteiger partial charge in [0.1, 0.15) is 5.82 Å². The Labute approximate surface area is 113 Å². The number of nitrogens with one attached hydrogen (secondary N) is 1. The third-order valence-corrected chi connectivity index (χ3v) is 2.90. The smallest absolute Gasteiger partial charge is 0.239 e. The lowest BCUT2D eigenvalue weighted by Gasteiger charge is -2.24. The average Bonchev–Trinajstić information content (AvgIpc) is 2.37. The maximum atomic E-state index is 14.1. The zero-order valence-electron chi connectivity index (χ0n) is 11.6. The number of carbonyl (C=O) groups is 1. The van der Waals surface area contributed by atoms with Crippen molar-refractivity contribution < 1.29 is 14.3 Å². The lowest BCUT2D eigenvalue weighted by molar-refractivity contribution is -0.119. The highest BCUT2D eigenvalue weighted by Gasteiger charge is 2.15. The molecule has 1 amide bonds. The molecule has 1 rings (SSSR count). The van der Waals surface area contributed by atoms with E-state index < -0.39 is 11.9 Å². The Kier molecular flexibility index (Phi) is 5.76. The minimum atomic E-state index is -0.706. The molecule has 5 heteroatoms. The van der Waals surface area contributed by atoms with Crippen molar-refractivity contribution in [2.24, 2.45) is 0 Å². The van der Waals surface area contributed by atoms with E-state index in [1.807, 2.05) is 6.92 Å². The SMILES string of the molecule is CCCN(CC(=O)NC)c1ccc([C@@H](C)O)cc1F. The van der Waals surface area contributed by atoms with E-state index in [0.717, 1.165) is 6.42 Å². The fraction of sp³-hybridized carbons (Fsp3) is 0.500. The Hall–Kier alpha value is -1.62. The number of aliphatic hydroxyl groups excluding tert-OH is 1. The minimum Gasteiger partial charge on any atom is -0.389 e. The van der Waals surface area contributed by atoms with Crippen LogP contribution in [-0.2, 0) is 4.79 Å². The Bertz CT molecular complexity index is 435. The summed E-state index contributed by atoms with van der Waals surface area (Å²) in [7, 11) is 1.55. The molecule has 0 bridgehead atoms. The first-order chi connectivity index (χ1) is 8.99. The van der Waals surface area contributed by atoms with Crippen molar-refractivity contribution in [2.45, 2.75) is 26.4 Å². The van der Waals surface area contributed by atoms with Crippen molar-refractivity contribution in [3.63, 3.8) is 0 Å². The predicted molar refractivity (Wildman–Crippen MR) is 73.6 cm³/mol. The van der Waals surface area contributed by atoms with E-state index in [9.17, 15) is 14.3 Å². The molecule has 19 heavy (non-hydrogen) atoms. The van der Waals surface area contributed by atoms with Gasteiger partial charge in [0.2, 0.25) is 5.91 Å². The van der Waals surface area contributed by atoms with E-state index in [-0.39, 0.29) is 12.5 Å². The number of benzene rings is 1. The number of anilines is 1. The summed E-state index contributed by atoms with van der Waals surface area (Å²) in [5, 5.41) is 11.9. The molecule has 0 spiro atoms. The van der Waals surface area contributed by atoms with Crippen molar-refractivity contribution in [1.29, 1.82) is 0 Å². The quantitative estimate of drug-likeness (QED) is 0.827. The standard InChI is InChI=1S/C14H21FN2O2/c1-4-7-17(9-14(19)16-3)13-6-5-11(10(2)18)8-12(13)15/h5-6,8,10,18H,4,7,9H2,1-3H3,(H,16,19)/t10-/m1/s1. The van der Waals surface area contributed by atoms with Crippen LogP contribution in [0.15, 0.2) is 18.2 Å². The van der Waals surface area contributed by atoms with E-state index in [1.54, 1.807) is 31.0 Å². The van der Waals surface area contributed by atoms with Crippen LogP contribution in [0.5, 0.6) is 0 Å². The second-order valence-corrected chi connectivity index (χ2v) is 4.48. The van der Waals surface area contributed by atoms with Gasteiger partial charge in [-0.1, -0.05) is 13.0 Å². The predicted octanol–water partition coefficient (Wildman–Crippen LogP) is 1.84. The molecule has 0 fully saturated rings. The summed E-state index contributed by atoms with van der Waals surface area (Å²) in [6, 6.07) is 4.60. The van der Waals surface area contributed by atoms with Gasteiger partial charge in [-0.05, 0) is 31.0 Å².